The highest BCUT2D eigenvalue weighted by atomic mass is 16.5. The summed E-state index contributed by atoms with van der Waals surface area (Å²) >= 11 is 0. The van der Waals surface area contributed by atoms with Crippen molar-refractivity contribution in [2.24, 2.45) is 0 Å². The van der Waals surface area contributed by atoms with Crippen molar-refractivity contribution >= 4 is 17.4 Å². The number of aliphatic hydroxyl groups excluding tert-OH is 1. The molecule has 1 N–H and O–H groups in total. The third kappa shape index (κ3) is 4.96. The topological polar surface area (TPSA) is 76.1 Å². The van der Waals surface area contributed by atoms with Crippen molar-refractivity contribution < 1.29 is 24.2 Å². The van der Waals surface area contributed by atoms with E-state index in [1.807, 2.05) is 56.3 Å². The molecule has 0 radical (unpaired) electrons. The zero-order chi connectivity index (χ0) is 24.3. The van der Waals surface area contributed by atoms with E-state index in [0.29, 0.717) is 23.5 Å². The first-order valence-electron chi connectivity index (χ1n) is 11.2. The van der Waals surface area contributed by atoms with Gasteiger partial charge in [-0.1, -0.05) is 45.0 Å². The highest BCUT2D eigenvalue weighted by molar-refractivity contribution is 6.46. The van der Waals surface area contributed by atoms with Gasteiger partial charge in [0.05, 0.1) is 24.8 Å². The minimum atomic E-state index is -0.738. The normalized spacial score (nSPS) is 18.1. The number of methoxy groups -OCH3 is 1. The van der Waals surface area contributed by atoms with Crippen molar-refractivity contribution in [3.05, 3.63) is 70.3 Å². The number of hydrogen-bond donors (Lipinski definition) is 1. The third-order valence-electron chi connectivity index (χ3n) is 5.92. The number of carbonyl (C=O) groups is 2. The van der Waals surface area contributed by atoms with E-state index >= 15 is 0 Å². The first-order chi connectivity index (χ1) is 15.6. The quantitative estimate of drug-likeness (QED) is 0.373. The number of likely N-dealkylation sites (tertiary alicyclic amines) is 1. The van der Waals surface area contributed by atoms with Gasteiger partial charge in [0.25, 0.3) is 11.7 Å². The van der Waals surface area contributed by atoms with Gasteiger partial charge in [-0.2, -0.15) is 0 Å². The van der Waals surface area contributed by atoms with Crippen LogP contribution in [0.2, 0.25) is 0 Å². The molecule has 1 aliphatic rings. The summed E-state index contributed by atoms with van der Waals surface area (Å²) in [5.41, 5.74) is 3.04. The number of ether oxygens (including phenoxy) is 2. The molecule has 2 aromatic carbocycles. The maximum atomic E-state index is 13.2. The highest BCUT2D eigenvalue weighted by Crippen LogP contribution is 2.41. The average molecular weight is 452 g/mol. The Morgan fingerprint density at radius 2 is 1.85 bits per heavy atom. The molecule has 3 rings (SSSR count). The fraction of sp³-hybridized carbons (Fsp3) is 0.407. The van der Waals surface area contributed by atoms with Crippen LogP contribution in [0.15, 0.2) is 48.0 Å². The van der Waals surface area contributed by atoms with Crippen molar-refractivity contribution in [1.29, 1.82) is 0 Å². The minimum Gasteiger partial charge on any atom is -0.507 e. The molecule has 176 valence electrons. The molecule has 0 aromatic heterocycles. The zero-order valence-corrected chi connectivity index (χ0v) is 20.3. The largest absolute Gasteiger partial charge is 0.507 e. The first kappa shape index (κ1) is 24.5. The van der Waals surface area contributed by atoms with Crippen LogP contribution in [0, 0.1) is 6.92 Å². The number of hydrogen-bond acceptors (Lipinski definition) is 5. The van der Waals surface area contributed by atoms with E-state index in [0.717, 1.165) is 11.1 Å². The maximum Gasteiger partial charge on any atom is 0.295 e. The van der Waals surface area contributed by atoms with E-state index in [4.69, 9.17) is 9.47 Å². The van der Waals surface area contributed by atoms with Gasteiger partial charge in [-0.3, -0.25) is 9.59 Å². The van der Waals surface area contributed by atoms with Gasteiger partial charge in [-0.05, 0) is 54.2 Å². The first-order valence-corrected chi connectivity index (χ1v) is 11.2. The molecule has 1 saturated heterocycles. The summed E-state index contributed by atoms with van der Waals surface area (Å²) in [5.74, 6) is -0.872. The lowest BCUT2D eigenvalue weighted by molar-refractivity contribution is -0.140. The summed E-state index contributed by atoms with van der Waals surface area (Å²) in [6.45, 7) is 11.0. The molecule has 0 spiro atoms. The van der Waals surface area contributed by atoms with E-state index in [-0.39, 0.29) is 29.9 Å². The average Bonchev–Trinajstić information content (AvgIpc) is 3.02. The predicted octanol–water partition coefficient (Wildman–Crippen LogP) is 4.76. The van der Waals surface area contributed by atoms with Crippen LogP contribution < -0.4 is 4.74 Å². The molecule has 0 saturated carbocycles. The molecule has 1 atom stereocenters. The number of aryl methyl sites for hydroxylation is 1. The van der Waals surface area contributed by atoms with Gasteiger partial charge in [0.1, 0.15) is 11.5 Å². The summed E-state index contributed by atoms with van der Waals surface area (Å²) in [4.78, 5) is 27.7. The van der Waals surface area contributed by atoms with Gasteiger partial charge in [0, 0.05) is 19.2 Å². The lowest BCUT2D eigenvalue weighted by Crippen LogP contribution is -2.32. The fourth-order valence-electron chi connectivity index (χ4n) is 4.08. The van der Waals surface area contributed by atoms with Gasteiger partial charge < -0.3 is 19.5 Å². The van der Waals surface area contributed by atoms with E-state index in [2.05, 4.69) is 20.8 Å². The lowest BCUT2D eigenvalue weighted by Gasteiger charge is -2.26. The van der Waals surface area contributed by atoms with Crippen LogP contribution in [0.4, 0.5) is 0 Å². The van der Waals surface area contributed by atoms with Crippen molar-refractivity contribution in [3.8, 4) is 5.75 Å². The van der Waals surface area contributed by atoms with Crippen molar-refractivity contribution in [3.63, 3.8) is 0 Å². The molecule has 0 bridgehead atoms. The Labute approximate surface area is 195 Å². The van der Waals surface area contributed by atoms with Gasteiger partial charge in [-0.25, -0.2) is 0 Å². The molecule has 1 unspecified atom stereocenters. The van der Waals surface area contributed by atoms with Crippen molar-refractivity contribution in [2.45, 2.75) is 46.1 Å². The summed E-state index contributed by atoms with van der Waals surface area (Å²) in [6.07, 6.45) is 0. The second kappa shape index (κ2) is 9.79. The second-order valence-corrected chi connectivity index (χ2v) is 9.27. The van der Waals surface area contributed by atoms with Gasteiger partial charge >= 0.3 is 0 Å². The molecule has 1 amide bonds. The Balaban J connectivity index is 2.23. The number of benzene rings is 2. The molecule has 6 nitrogen and oxygen atoms in total. The maximum absolute atomic E-state index is 13.2. The Morgan fingerprint density at radius 1 is 1.12 bits per heavy atom. The molecular formula is C27H33NO5. The molecule has 6 heteroatoms. The van der Waals surface area contributed by atoms with Crippen LogP contribution in [0.1, 0.15) is 56.0 Å². The van der Waals surface area contributed by atoms with Crippen LogP contribution in [0.25, 0.3) is 5.76 Å². The Bertz CT molecular complexity index is 1080. The number of ketones is 1. The number of aliphatic hydroxyl groups is 1. The Hall–Kier alpha value is -3.12. The van der Waals surface area contributed by atoms with E-state index in [1.54, 1.807) is 7.11 Å². The molecular weight excluding hydrogens is 418 g/mol. The number of Topliss-reactive ketones (excluding diaryl/α,β-unsaturated/α-hetero) is 1. The Kier molecular flexibility index (Phi) is 7.28. The SMILES string of the molecule is CCOc1cccc(C2/C(=C(\O)c3cc(C(C)(C)C)ccc3C)C(=O)C(=O)N2CCOC)c1. The van der Waals surface area contributed by atoms with Crippen LogP contribution in [0.5, 0.6) is 5.75 Å². The Morgan fingerprint density at radius 3 is 2.48 bits per heavy atom. The fourth-order valence-corrected chi connectivity index (χ4v) is 4.08. The number of nitrogens with zero attached hydrogens (tertiary/aromatic N) is 1. The molecule has 1 heterocycles. The van der Waals surface area contributed by atoms with Gasteiger partial charge in [0.15, 0.2) is 0 Å². The monoisotopic (exact) mass is 451 g/mol. The van der Waals surface area contributed by atoms with Gasteiger partial charge in [-0.15, -0.1) is 0 Å². The molecule has 1 fully saturated rings. The van der Waals surface area contributed by atoms with Crippen LogP contribution in [-0.2, 0) is 19.7 Å². The summed E-state index contributed by atoms with van der Waals surface area (Å²) in [5, 5.41) is 11.4. The number of amides is 1. The number of carbonyl (C=O) groups excluding carboxylic acids is 2. The molecule has 2 aromatic rings. The minimum absolute atomic E-state index is 0.0823. The third-order valence-corrected chi connectivity index (χ3v) is 5.92. The number of rotatable bonds is 7. The second-order valence-electron chi connectivity index (χ2n) is 9.27. The predicted molar refractivity (Wildman–Crippen MR) is 128 cm³/mol. The standard InChI is InChI=1S/C27H33NO5/c1-7-33-20-10-8-9-18(15-20)23-22(25(30)26(31)28(23)13-14-32-6)24(29)21-16-19(27(3,4)5)12-11-17(21)2/h8-12,15-16,23,29H,7,13-14H2,1-6H3/b24-22+. The van der Waals surface area contributed by atoms with E-state index in [1.165, 1.54) is 4.90 Å². The van der Waals surface area contributed by atoms with E-state index < -0.39 is 17.7 Å². The summed E-state index contributed by atoms with van der Waals surface area (Å²) < 4.78 is 10.8. The lowest BCUT2D eigenvalue weighted by atomic mass is 9.84. The van der Waals surface area contributed by atoms with Crippen molar-refractivity contribution in [1.82, 2.24) is 4.90 Å². The van der Waals surface area contributed by atoms with Crippen LogP contribution >= 0.6 is 0 Å². The smallest absolute Gasteiger partial charge is 0.295 e. The van der Waals surface area contributed by atoms with Crippen LogP contribution in [-0.4, -0.2) is 48.6 Å². The molecule has 33 heavy (non-hydrogen) atoms. The van der Waals surface area contributed by atoms with Gasteiger partial charge in [0.2, 0.25) is 0 Å². The van der Waals surface area contributed by atoms with E-state index in [9.17, 15) is 14.7 Å². The molecule has 0 aliphatic carbocycles. The summed E-state index contributed by atoms with van der Waals surface area (Å²) in [7, 11) is 1.54. The molecule has 1 aliphatic heterocycles. The van der Waals surface area contributed by atoms with Crippen molar-refractivity contribution in [2.75, 3.05) is 26.9 Å². The highest BCUT2D eigenvalue weighted by Gasteiger charge is 2.46. The summed E-state index contributed by atoms with van der Waals surface area (Å²) in [6, 6.07) is 12.4. The zero-order valence-electron chi connectivity index (χ0n) is 20.3. The van der Waals surface area contributed by atoms with Crippen LogP contribution in [0.3, 0.4) is 0 Å².